The molecule has 2 aromatic rings. The van der Waals surface area contributed by atoms with E-state index >= 15 is 0 Å². The summed E-state index contributed by atoms with van der Waals surface area (Å²) < 4.78 is 5.64. The van der Waals surface area contributed by atoms with Gasteiger partial charge in [0.15, 0.2) is 6.61 Å². The van der Waals surface area contributed by atoms with Gasteiger partial charge < -0.3 is 10.1 Å². The van der Waals surface area contributed by atoms with E-state index in [4.69, 9.17) is 4.74 Å². The quantitative estimate of drug-likeness (QED) is 0.784. The summed E-state index contributed by atoms with van der Waals surface area (Å²) in [6, 6.07) is 15.5. The predicted molar refractivity (Wildman–Crippen MR) is 90.3 cm³/mol. The standard InChI is InChI=1S/C19H21NO2/c1-3-9-16-11-6-8-13-18(16)22-14-19(21)20-17-12-7-5-10-15(17)4-2/h3,5-8,10-13H,1,4,9,14H2,2H3,(H,20,21). The zero-order chi connectivity index (χ0) is 15.8. The van der Waals surface area contributed by atoms with Crippen LogP contribution >= 0.6 is 0 Å². The van der Waals surface area contributed by atoms with Crippen molar-refractivity contribution < 1.29 is 9.53 Å². The molecule has 3 nitrogen and oxygen atoms in total. The van der Waals surface area contributed by atoms with E-state index in [0.29, 0.717) is 0 Å². The number of ether oxygens (including phenoxy) is 1. The van der Waals surface area contributed by atoms with Crippen molar-refractivity contribution in [1.29, 1.82) is 0 Å². The summed E-state index contributed by atoms with van der Waals surface area (Å²) in [5.74, 6) is 0.565. The first-order valence-electron chi connectivity index (χ1n) is 7.44. The third-order valence-corrected chi connectivity index (χ3v) is 3.37. The zero-order valence-electron chi connectivity index (χ0n) is 12.8. The lowest BCUT2D eigenvalue weighted by molar-refractivity contribution is -0.118. The molecule has 0 aliphatic carbocycles. The Hall–Kier alpha value is -2.55. The average Bonchev–Trinajstić information content (AvgIpc) is 2.55. The van der Waals surface area contributed by atoms with Crippen molar-refractivity contribution >= 4 is 11.6 Å². The number of carbonyl (C=O) groups is 1. The molecule has 1 N–H and O–H groups in total. The molecule has 1 amide bonds. The van der Waals surface area contributed by atoms with Crippen LogP contribution in [0.1, 0.15) is 18.1 Å². The average molecular weight is 295 g/mol. The molecule has 22 heavy (non-hydrogen) atoms. The Bertz CT molecular complexity index is 649. The van der Waals surface area contributed by atoms with Crippen LogP contribution < -0.4 is 10.1 Å². The maximum absolute atomic E-state index is 12.1. The van der Waals surface area contributed by atoms with Crippen LogP contribution in [-0.2, 0) is 17.6 Å². The van der Waals surface area contributed by atoms with Crippen molar-refractivity contribution in [2.24, 2.45) is 0 Å². The van der Waals surface area contributed by atoms with Crippen LogP contribution in [0.5, 0.6) is 5.75 Å². The van der Waals surface area contributed by atoms with Crippen LogP contribution in [0, 0.1) is 0 Å². The van der Waals surface area contributed by atoms with Crippen LogP contribution in [0.25, 0.3) is 0 Å². The number of hydrogen-bond acceptors (Lipinski definition) is 2. The minimum atomic E-state index is -0.158. The largest absolute Gasteiger partial charge is 0.483 e. The fourth-order valence-electron chi connectivity index (χ4n) is 2.25. The summed E-state index contributed by atoms with van der Waals surface area (Å²) in [5.41, 5.74) is 2.99. The second-order valence-corrected chi connectivity index (χ2v) is 4.95. The van der Waals surface area contributed by atoms with Gasteiger partial charge in [0.2, 0.25) is 0 Å². The van der Waals surface area contributed by atoms with E-state index in [1.165, 1.54) is 0 Å². The number of para-hydroxylation sites is 2. The zero-order valence-corrected chi connectivity index (χ0v) is 12.8. The molecule has 2 rings (SSSR count). The number of benzene rings is 2. The number of carbonyl (C=O) groups excluding carboxylic acids is 1. The van der Waals surface area contributed by atoms with E-state index < -0.39 is 0 Å². The Morgan fingerprint density at radius 2 is 1.82 bits per heavy atom. The number of aryl methyl sites for hydroxylation is 1. The van der Waals surface area contributed by atoms with Gasteiger partial charge in [-0.05, 0) is 36.1 Å². The highest BCUT2D eigenvalue weighted by molar-refractivity contribution is 5.92. The highest BCUT2D eigenvalue weighted by Gasteiger charge is 2.08. The Morgan fingerprint density at radius 3 is 2.55 bits per heavy atom. The summed E-state index contributed by atoms with van der Waals surface area (Å²) in [7, 11) is 0. The summed E-state index contributed by atoms with van der Waals surface area (Å²) in [6.45, 7) is 5.79. The highest BCUT2D eigenvalue weighted by Crippen LogP contribution is 2.19. The highest BCUT2D eigenvalue weighted by atomic mass is 16.5. The molecule has 0 aliphatic heterocycles. The van der Waals surface area contributed by atoms with Gasteiger partial charge in [0.05, 0.1) is 0 Å². The van der Waals surface area contributed by atoms with E-state index in [9.17, 15) is 4.79 Å². The molecule has 0 saturated heterocycles. The molecule has 114 valence electrons. The maximum Gasteiger partial charge on any atom is 0.262 e. The summed E-state index contributed by atoms with van der Waals surface area (Å²) in [5, 5.41) is 2.90. The van der Waals surface area contributed by atoms with Crippen molar-refractivity contribution in [3.8, 4) is 5.75 Å². The van der Waals surface area contributed by atoms with Gasteiger partial charge in [0, 0.05) is 5.69 Å². The van der Waals surface area contributed by atoms with E-state index in [1.807, 2.05) is 54.6 Å². The minimum absolute atomic E-state index is 0.00773. The van der Waals surface area contributed by atoms with E-state index in [0.717, 1.165) is 35.4 Å². The first kappa shape index (κ1) is 15.8. The molecular formula is C19H21NO2. The number of anilines is 1. The molecule has 0 aromatic heterocycles. The van der Waals surface area contributed by atoms with Gasteiger partial charge in [-0.2, -0.15) is 0 Å². The second kappa shape index (κ2) is 8.03. The normalized spacial score (nSPS) is 10.0. The van der Waals surface area contributed by atoms with Crippen molar-refractivity contribution in [1.82, 2.24) is 0 Å². The lowest BCUT2D eigenvalue weighted by Gasteiger charge is -2.12. The van der Waals surface area contributed by atoms with Gasteiger partial charge >= 0.3 is 0 Å². The lowest BCUT2D eigenvalue weighted by atomic mass is 10.1. The van der Waals surface area contributed by atoms with E-state index in [1.54, 1.807) is 0 Å². The molecule has 0 radical (unpaired) electrons. The fraction of sp³-hybridized carbons (Fsp3) is 0.211. The third kappa shape index (κ3) is 4.22. The van der Waals surface area contributed by atoms with Crippen molar-refractivity contribution in [2.45, 2.75) is 19.8 Å². The van der Waals surface area contributed by atoms with Gasteiger partial charge in [-0.25, -0.2) is 0 Å². The second-order valence-electron chi connectivity index (χ2n) is 4.95. The first-order chi connectivity index (χ1) is 10.7. The molecule has 0 bridgehead atoms. The van der Waals surface area contributed by atoms with Crippen molar-refractivity contribution in [2.75, 3.05) is 11.9 Å². The molecule has 0 unspecified atom stereocenters. The number of rotatable bonds is 7. The SMILES string of the molecule is C=CCc1ccccc1OCC(=O)Nc1ccccc1CC. The van der Waals surface area contributed by atoms with E-state index in [-0.39, 0.29) is 12.5 Å². The van der Waals surface area contributed by atoms with Crippen molar-refractivity contribution in [3.05, 3.63) is 72.3 Å². The van der Waals surface area contributed by atoms with Gasteiger partial charge in [-0.1, -0.05) is 49.4 Å². The molecular weight excluding hydrogens is 274 g/mol. The van der Waals surface area contributed by atoms with Crippen molar-refractivity contribution in [3.63, 3.8) is 0 Å². The Morgan fingerprint density at radius 1 is 1.14 bits per heavy atom. The predicted octanol–water partition coefficient (Wildman–Crippen LogP) is 4.00. The van der Waals surface area contributed by atoms with Gasteiger partial charge in [-0.3, -0.25) is 4.79 Å². The van der Waals surface area contributed by atoms with Gasteiger partial charge in [0.25, 0.3) is 5.91 Å². The van der Waals surface area contributed by atoms with E-state index in [2.05, 4.69) is 18.8 Å². The molecule has 3 heteroatoms. The summed E-state index contributed by atoms with van der Waals surface area (Å²) >= 11 is 0. The lowest BCUT2D eigenvalue weighted by Crippen LogP contribution is -2.21. The Balaban J connectivity index is 1.97. The molecule has 0 atom stereocenters. The van der Waals surface area contributed by atoms with Gasteiger partial charge in [0.1, 0.15) is 5.75 Å². The number of nitrogens with one attached hydrogen (secondary N) is 1. The van der Waals surface area contributed by atoms with Gasteiger partial charge in [-0.15, -0.1) is 6.58 Å². The van der Waals surface area contributed by atoms with Crippen LogP contribution in [0.4, 0.5) is 5.69 Å². The van der Waals surface area contributed by atoms with Crippen LogP contribution in [0.3, 0.4) is 0 Å². The number of hydrogen-bond donors (Lipinski definition) is 1. The maximum atomic E-state index is 12.1. The fourth-order valence-corrected chi connectivity index (χ4v) is 2.25. The first-order valence-corrected chi connectivity index (χ1v) is 7.44. The number of amides is 1. The molecule has 2 aromatic carbocycles. The third-order valence-electron chi connectivity index (χ3n) is 3.37. The Kier molecular flexibility index (Phi) is 5.78. The van der Waals surface area contributed by atoms with Crippen LogP contribution in [0.15, 0.2) is 61.2 Å². The van der Waals surface area contributed by atoms with Crippen LogP contribution in [0.2, 0.25) is 0 Å². The molecule has 0 aliphatic rings. The molecule has 0 saturated carbocycles. The molecule has 0 fully saturated rings. The van der Waals surface area contributed by atoms with Crippen LogP contribution in [-0.4, -0.2) is 12.5 Å². The summed E-state index contributed by atoms with van der Waals surface area (Å²) in [4.78, 5) is 12.1. The minimum Gasteiger partial charge on any atom is -0.483 e. The molecule has 0 spiro atoms. The monoisotopic (exact) mass is 295 g/mol. The topological polar surface area (TPSA) is 38.3 Å². The summed E-state index contributed by atoms with van der Waals surface area (Å²) in [6.07, 6.45) is 3.41. The Labute approximate surface area is 131 Å². The smallest absolute Gasteiger partial charge is 0.262 e. The number of allylic oxidation sites excluding steroid dienone is 1. The molecule has 0 heterocycles.